The number of rotatable bonds is 16. The van der Waals surface area contributed by atoms with Crippen LogP contribution in [0.2, 0.25) is 0 Å². The Bertz CT molecular complexity index is 994. The van der Waals surface area contributed by atoms with Gasteiger partial charge in [-0.05, 0) is 46.0 Å². The summed E-state index contributed by atoms with van der Waals surface area (Å²) in [7, 11) is 1.19. The summed E-state index contributed by atoms with van der Waals surface area (Å²) in [6.45, 7) is 14.2. The number of amides is 6. The third-order valence-corrected chi connectivity index (χ3v) is 6.35. The molecule has 0 aromatic rings. The fourth-order valence-corrected chi connectivity index (χ4v) is 3.87. The van der Waals surface area contributed by atoms with Crippen LogP contribution in [0.4, 0.5) is 0 Å². The van der Waals surface area contributed by atoms with Gasteiger partial charge in [0.05, 0.1) is 13.5 Å². The smallest absolute Gasteiger partial charge is 0.330 e. The minimum absolute atomic E-state index is 0.0805. The number of methoxy groups -OCH3 is 1. The molecule has 0 radical (unpaired) electrons. The largest absolute Gasteiger partial charge is 0.467 e. The second-order valence-corrected chi connectivity index (χ2v) is 11.7. The van der Waals surface area contributed by atoms with E-state index in [1.165, 1.54) is 41.7 Å². The molecule has 0 aliphatic carbocycles. The minimum atomic E-state index is -1.44. The predicted molar refractivity (Wildman–Crippen MR) is 151 cm³/mol. The normalized spacial score (nSPS) is 14.5. The van der Waals surface area contributed by atoms with E-state index in [4.69, 9.17) is 10.5 Å². The van der Waals surface area contributed by atoms with Crippen molar-refractivity contribution in [1.82, 2.24) is 26.6 Å². The first-order valence-corrected chi connectivity index (χ1v) is 13.6. The van der Waals surface area contributed by atoms with Gasteiger partial charge in [0.25, 0.3) is 0 Å². The maximum absolute atomic E-state index is 13.4. The molecule has 14 nitrogen and oxygen atoms in total. The molecule has 0 aromatic heterocycles. The van der Waals surface area contributed by atoms with E-state index in [0.717, 1.165) is 0 Å². The Hall–Kier alpha value is -3.71. The Morgan fingerprint density at radius 1 is 0.780 bits per heavy atom. The molecule has 6 amide bonds. The van der Waals surface area contributed by atoms with Crippen LogP contribution in [0.25, 0.3) is 0 Å². The number of hydrogen-bond donors (Lipinski definition) is 6. The van der Waals surface area contributed by atoms with Crippen LogP contribution in [-0.4, -0.2) is 77.7 Å². The zero-order chi connectivity index (χ0) is 32.3. The van der Waals surface area contributed by atoms with Gasteiger partial charge in [-0.15, -0.1) is 0 Å². The number of carbonyl (C=O) groups excluding carboxylic acids is 7. The van der Waals surface area contributed by atoms with Crippen molar-refractivity contribution in [3.8, 4) is 0 Å². The van der Waals surface area contributed by atoms with Crippen LogP contribution in [0, 0.1) is 11.8 Å². The molecule has 0 saturated carbocycles. The van der Waals surface area contributed by atoms with Crippen molar-refractivity contribution in [3.05, 3.63) is 0 Å². The van der Waals surface area contributed by atoms with Crippen molar-refractivity contribution in [2.75, 3.05) is 7.11 Å². The number of nitrogens with one attached hydrogen (secondary N) is 5. The standard InChI is InChI=1S/C27H48N6O8/c1-11-15(4)20(23(38)33-27(8,9)25(40)41-10)31-22(37)17(12-14(2)3)29-21(36)18(13-19(28)35)30-24(39)26(6,7)32-16(5)34/h14-15,17-18,20H,11-13H2,1-10H3,(H2,28,35)(H,29,36)(H,30,39)(H,31,37)(H,32,34)(H,33,38)/t15-,17-,18-,20-/m0/s1. The van der Waals surface area contributed by atoms with E-state index in [1.54, 1.807) is 6.92 Å². The van der Waals surface area contributed by atoms with E-state index in [1.807, 2.05) is 20.8 Å². The molecule has 0 aliphatic heterocycles. The van der Waals surface area contributed by atoms with Gasteiger partial charge < -0.3 is 37.1 Å². The third-order valence-electron chi connectivity index (χ3n) is 6.35. The summed E-state index contributed by atoms with van der Waals surface area (Å²) in [5.74, 6) is -5.35. The fraction of sp³-hybridized carbons (Fsp3) is 0.741. The first-order valence-electron chi connectivity index (χ1n) is 13.6. The summed E-state index contributed by atoms with van der Waals surface area (Å²) in [6.07, 6.45) is 0.105. The van der Waals surface area contributed by atoms with Crippen molar-refractivity contribution in [3.63, 3.8) is 0 Å². The fourth-order valence-electron chi connectivity index (χ4n) is 3.87. The van der Waals surface area contributed by atoms with Gasteiger partial charge in [-0.2, -0.15) is 0 Å². The number of hydrogen-bond acceptors (Lipinski definition) is 8. The van der Waals surface area contributed by atoms with E-state index in [0.29, 0.717) is 6.42 Å². The average Bonchev–Trinajstić information content (AvgIpc) is 2.83. The SMILES string of the molecule is CC[C@H](C)[C@H](NC(=O)[C@H](CC(C)C)NC(=O)[C@H](CC(N)=O)NC(=O)C(C)(C)NC(C)=O)C(=O)NC(C)(C)C(=O)OC. The van der Waals surface area contributed by atoms with Crippen LogP contribution in [0.3, 0.4) is 0 Å². The Morgan fingerprint density at radius 3 is 1.76 bits per heavy atom. The summed E-state index contributed by atoms with van der Waals surface area (Å²) in [4.78, 5) is 87.9. The quantitative estimate of drug-likeness (QED) is 0.128. The number of esters is 1. The van der Waals surface area contributed by atoms with Gasteiger partial charge in [-0.3, -0.25) is 28.8 Å². The Morgan fingerprint density at radius 2 is 1.32 bits per heavy atom. The van der Waals surface area contributed by atoms with Gasteiger partial charge in [0, 0.05) is 6.92 Å². The van der Waals surface area contributed by atoms with Crippen molar-refractivity contribution in [2.24, 2.45) is 17.6 Å². The zero-order valence-electron chi connectivity index (χ0n) is 25.9. The first-order chi connectivity index (χ1) is 18.7. The molecule has 0 heterocycles. The highest BCUT2D eigenvalue weighted by Crippen LogP contribution is 2.14. The highest BCUT2D eigenvalue weighted by molar-refractivity contribution is 5.98. The second kappa shape index (κ2) is 15.9. The van der Waals surface area contributed by atoms with E-state index in [2.05, 4.69) is 26.6 Å². The highest BCUT2D eigenvalue weighted by Gasteiger charge is 2.38. The van der Waals surface area contributed by atoms with Crippen molar-refractivity contribution < 1.29 is 38.3 Å². The van der Waals surface area contributed by atoms with Crippen LogP contribution < -0.4 is 32.3 Å². The third kappa shape index (κ3) is 12.6. The molecule has 0 aliphatic rings. The Kier molecular flexibility index (Phi) is 14.5. The molecule has 0 bridgehead atoms. The first kappa shape index (κ1) is 37.3. The van der Waals surface area contributed by atoms with Gasteiger partial charge in [-0.1, -0.05) is 34.1 Å². The summed E-state index contributed by atoms with van der Waals surface area (Å²) in [5, 5.41) is 12.7. The molecule has 41 heavy (non-hydrogen) atoms. The van der Waals surface area contributed by atoms with E-state index in [-0.39, 0.29) is 18.3 Å². The second-order valence-electron chi connectivity index (χ2n) is 11.7. The summed E-state index contributed by atoms with van der Waals surface area (Å²) < 4.78 is 4.73. The zero-order valence-corrected chi connectivity index (χ0v) is 25.9. The lowest BCUT2D eigenvalue weighted by atomic mass is 9.95. The van der Waals surface area contributed by atoms with Crippen LogP contribution >= 0.6 is 0 Å². The van der Waals surface area contributed by atoms with Crippen LogP contribution in [-0.2, 0) is 38.3 Å². The Balaban J connectivity index is 6.02. The lowest BCUT2D eigenvalue weighted by Gasteiger charge is -2.31. The van der Waals surface area contributed by atoms with Gasteiger partial charge >= 0.3 is 5.97 Å². The molecule has 0 unspecified atom stereocenters. The molecule has 7 N–H and O–H groups in total. The van der Waals surface area contributed by atoms with Crippen molar-refractivity contribution in [2.45, 2.75) is 111 Å². The monoisotopic (exact) mass is 584 g/mol. The van der Waals surface area contributed by atoms with Crippen molar-refractivity contribution in [1.29, 1.82) is 0 Å². The van der Waals surface area contributed by atoms with Gasteiger partial charge in [0.1, 0.15) is 29.2 Å². The average molecular weight is 585 g/mol. The highest BCUT2D eigenvalue weighted by atomic mass is 16.5. The van der Waals surface area contributed by atoms with Crippen molar-refractivity contribution >= 4 is 41.4 Å². The molecule has 234 valence electrons. The summed E-state index contributed by atoms with van der Waals surface area (Å²) >= 11 is 0. The van der Waals surface area contributed by atoms with Crippen LogP contribution in [0.15, 0.2) is 0 Å². The van der Waals surface area contributed by atoms with Crippen LogP contribution in [0.5, 0.6) is 0 Å². The predicted octanol–water partition coefficient (Wildman–Crippen LogP) is -0.609. The molecule has 0 spiro atoms. The van der Waals surface area contributed by atoms with E-state index in [9.17, 15) is 33.6 Å². The summed E-state index contributed by atoms with van der Waals surface area (Å²) in [6, 6.07) is -3.64. The molecule has 4 atom stereocenters. The van der Waals surface area contributed by atoms with Gasteiger partial charge in [-0.25, -0.2) is 4.79 Å². The maximum Gasteiger partial charge on any atom is 0.330 e. The van der Waals surface area contributed by atoms with Crippen LogP contribution in [0.1, 0.15) is 81.6 Å². The number of ether oxygens (including phenoxy) is 1. The molecule has 0 fully saturated rings. The van der Waals surface area contributed by atoms with Gasteiger partial charge in [0.2, 0.25) is 35.4 Å². The number of primary amides is 1. The van der Waals surface area contributed by atoms with E-state index >= 15 is 0 Å². The number of carbonyl (C=O) groups is 7. The summed E-state index contributed by atoms with van der Waals surface area (Å²) in [5.41, 5.74) is 2.53. The minimum Gasteiger partial charge on any atom is -0.467 e. The molecule has 0 aromatic carbocycles. The lowest BCUT2D eigenvalue weighted by Crippen LogP contribution is -2.62. The molecule has 0 rings (SSSR count). The lowest BCUT2D eigenvalue weighted by molar-refractivity contribution is -0.150. The molecule has 14 heteroatoms. The topological polar surface area (TPSA) is 215 Å². The Labute approximate surface area is 242 Å². The maximum atomic E-state index is 13.4. The van der Waals surface area contributed by atoms with E-state index < -0.39 is 77.0 Å². The molecule has 0 saturated heterocycles. The van der Waals surface area contributed by atoms with Gasteiger partial charge in [0.15, 0.2) is 0 Å². The molecular weight excluding hydrogens is 536 g/mol. The number of nitrogens with two attached hydrogens (primary N) is 1. The molecular formula is C27H48N6O8.